The normalized spacial score (nSPS) is 22.5. The van der Waals surface area contributed by atoms with E-state index in [9.17, 15) is 18.0 Å². The summed E-state index contributed by atoms with van der Waals surface area (Å²) in [6.07, 6.45) is -0.157. The van der Waals surface area contributed by atoms with Crippen LogP contribution in [-0.2, 0) is 19.6 Å². The summed E-state index contributed by atoms with van der Waals surface area (Å²) in [6.45, 7) is 0.146. The first-order valence-electron chi connectivity index (χ1n) is 5.92. The molecule has 1 saturated heterocycles. The van der Waals surface area contributed by atoms with Gasteiger partial charge in [-0.15, -0.1) is 11.3 Å². The summed E-state index contributed by atoms with van der Waals surface area (Å²) in [7, 11) is -2.43. The zero-order valence-corrected chi connectivity index (χ0v) is 12.7. The van der Waals surface area contributed by atoms with Crippen LogP contribution in [0.4, 0.5) is 0 Å². The number of carboxylic acid groups (broad SMARTS) is 1. The van der Waals surface area contributed by atoms with Crippen molar-refractivity contribution in [3.05, 3.63) is 17.0 Å². The van der Waals surface area contributed by atoms with E-state index in [-0.39, 0.29) is 28.8 Å². The van der Waals surface area contributed by atoms with Crippen molar-refractivity contribution in [1.82, 2.24) is 4.90 Å². The molecule has 1 aliphatic rings. The van der Waals surface area contributed by atoms with Gasteiger partial charge >= 0.3 is 5.97 Å². The fraction of sp³-hybridized carbons (Fsp3) is 0.455. The van der Waals surface area contributed by atoms with Crippen LogP contribution in [0.15, 0.2) is 15.7 Å². The van der Waals surface area contributed by atoms with Gasteiger partial charge in [-0.25, -0.2) is 18.4 Å². The lowest BCUT2D eigenvalue weighted by Crippen LogP contribution is -2.40. The summed E-state index contributed by atoms with van der Waals surface area (Å²) in [4.78, 5) is 24.7. The van der Waals surface area contributed by atoms with Gasteiger partial charge < -0.3 is 14.7 Å². The van der Waals surface area contributed by atoms with Gasteiger partial charge in [0.2, 0.25) is 10.0 Å². The summed E-state index contributed by atoms with van der Waals surface area (Å²) in [5.41, 5.74) is 0.104. The highest BCUT2D eigenvalue weighted by Crippen LogP contribution is 2.25. The number of methoxy groups -OCH3 is 1. The van der Waals surface area contributed by atoms with Crippen molar-refractivity contribution in [2.45, 2.75) is 22.8 Å². The van der Waals surface area contributed by atoms with Crippen molar-refractivity contribution >= 4 is 33.2 Å². The molecule has 1 fully saturated rings. The molecule has 0 bridgehead atoms. The maximum atomic E-state index is 12.3. The van der Waals surface area contributed by atoms with Gasteiger partial charge in [-0.1, -0.05) is 0 Å². The van der Waals surface area contributed by atoms with E-state index in [1.807, 2.05) is 0 Å². The van der Waals surface area contributed by atoms with Gasteiger partial charge in [-0.3, -0.25) is 4.79 Å². The maximum absolute atomic E-state index is 12.3. The fourth-order valence-electron chi connectivity index (χ4n) is 2.17. The molecule has 2 rings (SSSR count). The van der Waals surface area contributed by atoms with Gasteiger partial charge in [-0.05, 0) is 6.07 Å². The van der Waals surface area contributed by atoms with E-state index in [1.54, 1.807) is 0 Å². The van der Waals surface area contributed by atoms with E-state index in [0.29, 0.717) is 0 Å². The van der Waals surface area contributed by atoms with E-state index in [4.69, 9.17) is 15.0 Å². The molecule has 0 aromatic carbocycles. The minimum atomic E-state index is -3.88. The zero-order chi connectivity index (χ0) is 15.8. The Morgan fingerprint density at radius 3 is 2.67 bits per heavy atom. The minimum Gasteiger partial charge on any atom is -0.480 e. The number of thiophene rings is 1. The zero-order valence-electron chi connectivity index (χ0n) is 11.1. The van der Waals surface area contributed by atoms with Crippen molar-refractivity contribution in [3.63, 3.8) is 0 Å². The third-order valence-corrected chi connectivity index (χ3v) is 5.63. The van der Waals surface area contributed by atoms with Crippen molar-refractivity contribution in [2.75, 3.05) is 13.7 Å². The highest BCUT2D eigenvalue weighted by Gasteiger charge is 2.40. The second-order valence-corrected chi connectivity index (χ2v) is 7.30. The Balaban J connectivity index is 2.26. The molecule has 1 aromatic heterocycles. The van der Waals surface area contributed by atoms with Crippen LogP contribution in [0, 0.1) is 0 Å². The molecule has 3 N–H and O–H groups in total. The second kappa shape index (κ2) is 5.72. The molecule has 10 heteroatoms. The van der Waals surface area contributed by atoms with Crippen molar-refractivity contribution in [2.24, 2.45) is 5.14 Å². The SMILES string of the molecule is COC1CC(C(=O)O)N(C(=O)c2csc(S(N)(=O)=O)c2)C1. The molecular weight excluding hydrogens is 320 g/mol. The van der Waals surface area contributed by atoms with Crippen LogP contribution in [0.25, 0.3) is 0 Å². The number of likely N-dealkylation sites (tertiary alicyclic amines) is 1. The van der Waals surface area contributed by atoms with E-state index >= 15 is 0 Å². The van der Waals surface area contributed by atoms with Gasteiger partial charge in [0, 0.05) is 25.5 Å². The highest BCUT2D eigenvalue weighted by atomic mass is 32.2. The van der Waals surface area contributed by atoms with Gasteiger partial charge in [0.25, 0.3) is 5.91 Å². The number of nitrogens with zero attached hydrogens (tertiary/aromatic N) is 1. The number of carboxylic acids is 1. The molecule has 0 aliphatic carbocycles. The number of ether oxygens (including phenoxy) is 1. The summed E-state index contributed by atoms with van der Waals surface area (Å²) in [5, 5.41) is 15.5. The Hall–Kier alpha value is -1.49. The molecule has 1 aliphatic heterocycles. The van der Waals surface area contributed by atoms with Crippen LogP contribution in [0.2, 0.25) is 0 Å². The quantitative estimate of drug-likeness (QED) is 0.779. The topological polar surface area (TPSA) is 127 Å². The lowest BCUT2D eigenvalue weighted by atomic mass is 10.2. The Kier molecular flexibility index (Phi) is 4.33. The average molecular weight is 334 g/mol. The number of hydrogen-bond acceptors (Lipinski definition) is 6. The largest absolute Gasteiger partial charge is 0.480 e. The van der Waals surface area contributed by atoms with Crippen LogP contribution in [0.3, 0.4) is 0 Å². The second-order valence-electron chi connectivity index (χ2n) is 4.60. The van der Waals surface area contributed by atoms with Gasteiger partial charge in [-0.2, -0.15) is 0 Å². The van der Waals surface area contributed by atoms with Crippen molar-refractivity contribution < 1.29 is 27.9 Å². The highest BCUT2D eigenvalue weighted by molar-refractivity contribution is 7.91. The predicted molar refractivity (Wildman–Crippen MR) is 73.6 cm³/mol. The van der Waals surface area contributed by atoms with Crippen LogP contribution >= 0.6 is 11.3 Å². The standard InChI is InChI=1S/C11H14N2O6S2/c1-19-7-3-8(11(15)16)13(4-7)10(14)6-2-9(20-5-6)21(12,17)18/h2,5,7-8H,3-4H2,1H3,(H,15,16)(H2,12,17,18). The monoisotopic (exact) mass is 334 g/mol. The predicted octanol–water partition coefficient (Wildman–Crippen LogP) is -0.290. The third-order valence-electron chi connectivity index (χ3n) is 3.24. The maximum Gasteiger partial charge on any atom is 0.326 e. The Morgan fingerprint density at radius 1 is 1.52 bits per heavy atom. The summed E-state index contributed by atoms with van der Waals surface area (Å²) in [6, 6.07) is 0.168. The molecule has 116 valence electrons. The molecule has 2 heterocycles. The van der Waals surface area contributed by atoms with E-state index in [1.165, 1.54) is 17.4 Å². The first kappa shape index (κ1) is 15.9. The Bertz CT molecular complexity index is 668. The van der Waals surface area contributed by atoms with E-state index < -0.39 is 27.9 Å². The molecule has 2 unspecified atom stereocenters. The summed E-state index contributed by atoms with van der Waals surface area (Å²) in [5.74, 6) is -1.67. The molecule has 0 radical (unpaired) electrons. The van der Waals surface area contributed by atoms with Crippen LogP contribution in [0.5, 0.6) is 0 Å². The Morgan fingerprint density at radius 2 is 2.19 bits per heavy atom. The average Bonchev–Trinajstić information content (AvgIpc) is 3.04. The number of amides is 1. The molecule has 2 atom stereocenters. The van der Waals surface area contributed by atoms with Crippen LogP contribution in [0.1, 0.15) is 16.8 Å². The third kappa shape index (κ3) is 3.23. The number of primary sulfonamides is 1. The number of nitrogens with two attached hydrogens (primary N) is 1. The minimum absolute atomic E-state index is 0.104. The van der Waals surface area contributed by atoms with Gasteiger partial charge in [0.15, 0.2) is 0 Å². The Labute approximate surface area is 125 Å². The number of aliphatic carboxylic acids is 1. The number of rotatable bonds is 4. The van der Waals surface area contributed by atoms with E-state index in [2.05, 4.69) is 0 Å². The number of hydrogen-bond donors (Lipinski definition) is 2. The number of carbonyl (C=O) groups is 2. The van der Waals surface area contributed by atoms with E-state index in [0.717, 1.165) is 17.4 Å². The molecule has 0 spiro atoms. The lowest BCUT2D eigenvalue weighted by molar-refractivity contribution is -0.141. The first-order valence-corrected chi connectivity index (χ1v) is 8.34. The number of carbonyl (C=O) groups excluding carboxylic acids is 1. The molecular formula is C11H14N2O6S2. The van der Waals surface area contributed by atoms with Gasteiger partial charge in [0.1, 0.15) is 10.3 Å². The first-order chi connectivity index (χ1) is 9.74. The smallest absolute Gasteiger partial charge is 0.326 e. The van der Waals surface area contributed by atoms with Crippen LogP contribution in [-0.4, -0.2) is 56.1 Å². The molecule has 1 aromatic rings. The lowest BCUT2D eigenvalue weighted by Gasteiger charge is -2.20. The van der Waals surface area contributed by atoms with Crippen molar-refractivity contribution in [3.8, 4) is 0 Å². The summed E-state index contributed by atoms with van der Waals surface area (Å²) < 4.78 is 27.4. The van der Waals surface area contributed by atoms with Gasteiger partial charge in [0.05, 0.1) is 11.7 Å². The summed E-state index contributed by atoms with van der Waals surface area (Å²) >= 11 is 0.821. The molecule has 0 saturated carbocycles. The number of sulfonamides is 1. The fourth-order valence-corrected chi connectivity index (χ4v) is 3.75. The molecule has 21 heavy (non-hydrogen) atoms. The molecule has 1 amide bonds. The molecule has 8 nitrogen and oxygen atoms in total. The van der Waals surface area contributed by atoms with Crippen LogP contribution < -0.4 is 5.14 Å². The van der Waals surface area contributed by atoms with Crippen molar-refractivity contribution in [1.29, 1.82) is 0 Å².